The third-order valence-corrected chi connectivity index (χ3v) is 1.58. The molecule has 2 nitrogen and oxygen atoms in total. The van der Waals surface area contributed by atoms with Crippen molar-refractivity contribution < 1.29 is 0 Å². The molecular weight excluding hydrogens is 136 g/mol. The minimum Gasteiger partial charge on any atom is -0.387 e. The predicted octanol–water partition coefficient (Wildman–Crippen LogP) is 2.19. The Morgan fingerprint density at radius 2 is 1.91 bits per heavy atom. The molecule has 1 unspecified atom stereocenters. The SMILES string of the molecule is CCC(C)C(N)=NC(C)(C)C. The van der Waals surface area contributed by atoms with E-state index >= 15 is 0 Å². The van der Waals surface area contributed by atoms with Crippen molar-refractivity contribution >= 4 is 5.84 Å². The molecular formula is C9H20N2. The Morgan fingerprint density at radius 3 is 2.18 bits per heavy atom. The summed E-state index contributed by atoms with van der Waals surface area (Å²) in [6, 6.07) is 0. The van der Waals surface area contributed by atoms with Crippen molar-refractivity contribution in [2.75, 3.05) is 0 Å². The van der Waals surface area contributed by atoms with Crippen molar-refractivity contribution in [3.8, 4) is 0 Å². The van der Waals surface area contributed by atoms with Crippen molar-refractivity contribution in [2.45, 2.75) is 46.6 Å². The van der Waals surface area contributed by atoms with Gasteiger partial charge in [0.05, 0.1) is 11.4 Å². The zero-order valence-electron chi connectivity index (χ0n) is 8.31. The van der Waals surface area contributed by atoms with Gasteiger partial charge in [0.1, 0.15) is 0 Å². The quantitative estimate of drug-likeness (QED) is 0.483. The van der Waals surface area contributed by atoms with Crippen LogP contribution in [0, 0.1) is 5.92 Å². The monoisotopic (exact) mass is 156 g/mol. The van der Waals surface area contributed by atoms with Gasteiger partial charge in [-0.25, -0.2) is 0 Å². The fraction of sp³-hybridized carbons (Fsp3) is 0.889. The Labute approximate surface area is 69.9 Å². The molecule has 0 aromatic rings. The second-order valence-corrected chi connectivity index (χ2v) is 4.02. The van der Waals surface area contributed by atoms with Gasteiger partial charge in [0.25, 0.3) is 0 Å². The number of amidine groups is 1. The van der Waals surface area contributed by atoms with E-state index in [-0.39, 0.29) is 5.54 Å². The average Bonchev–Trinajstić information content (AvgIpc) is 1.82. The molecule has 0 saturated carbocycles. The first-order chi connectivity index (χ1) is 4.87. The van der Waals surface area contributed by atoms with Gasteiger partial charge in [0.2, 0.25) is 0 Å². The fourth-order valence-corrected chi connectivity index (χ4v) is 0.707. The van der Waals surface area contributed by atoms with Crippen LogP contribution in [-0.4, -0.2) is 11.4 Å². The highest BCUT2D eigenvalue weighted by Crippen LogP contribution is 2.09. The molecule has 0 saturated heterocycles. The number of hydrogen-bond donors (Lipinski definition) is 1. The number of hydrogen-bond acceptors (Lipinski definition) is 1. The Hall–Kier alpha value is -0.530. The van der Waals surface area contributed by atoms with Gasteiger partial charge >= 0.3 is 0 Å². The van der Waals surface area contributed by atoms with Crippen molar-refractivity contribution in [2.24, 2.45) is 16.6 Å². The van der Waals surface area contributed by atoms with E-state index in [1.807, 2.05) is 0 Å². The summed E-state index contributed by atoms with van der Waals surface area (Å²) in [6.45, 7) is 10.4. The van der Waals surface area contributed by atoms with Crippen LogP contribution in [0.15, 0.2) is 4.99 Å². The van der Waals surface area contributed by atoms with Crippen LogP contribution in [0.1, 0.15) is 41.0 Å². The lowest BCUT2D eigenvalue weighted by molar-refractivity contribution is 0.571. The predicted molar refractivity (Wildman–Crippen MR) is 50.8 cm³/mol. The summed E-state index contributed by atoms with van der Waals surface area (Å²) in [5.41, 5.74) is 5.73. The Kier molecular flexibility index (Phi) is 3.56. The van der Waals surface area contributed by atoms with Gasteiger partial charge in [-0.1, -0.05) is 13.8 Å². The van der Waals surface area contributed by atoms with Crippen LogP contribution in [0.4, 0.5) is 0 Å². The van der Waals surface area contributed by atoms with Crippen LogP contribution in [0.25, 0.3) is 0 Å². The summed E-state index contributed by atoms with van der Waals surface area (Å²) in [6.07, 6.45) is 1.06. The number of aliphatic imine (C=N–C) groups is 1. The Morgan fingerprint density at radius 1 is 1.45 bits per heavy atom. The van der Waals surface area contributed by atoms with Crippen LogP contribution in [0.5, 0.6) is 0 Å². The Balaban J connectivity index is 4.22. The first kappa shape index (κ1) is 10.5. The standard InChI is InChI=1S/C9H20N2/c1-6-7(2)8(10)11-9(3,4)5/h7H,6H2,1-5H3,(H2,10,11). The molecule has 66 valence electrons. The third kappa shape index (κ3) is 4.82. The minimum atomic E-state index is -0.0342. The molecule has 0 radical (unpaired) electrons. The van der Waals surface area contributed by atoms with Gasteiger partial charge in [-0.15, -0.1) is 0 Å². The molecule has 0 spiro atoms. The molecule has 1 atom stereocenters. The van der Waals surface area contributed by atoms with Gasteiger partial charge in [0.15, 0.2) is 0 Å². The van der Waals surface area contributed by atoms with Gasteiger partial charge in [0, 0.05) is 5.92 Å². The second-order valence-electron chi connectivity index (χ2n) is 4.02. The van der Waals surface area contributed by atoms with E-state index < -0.39 is 0 Å². The highest BCUT2D eigenvalue weighted by atomic mass is 14.9. The van der Waals surface area contributed by atoms with Crippen molar-refractivity contribution in [1.82, 2.24) is 0 Å². The van der Waals surface area contributed by atoms with Crippen LogP contribution in [0.3, 0.4) is 0 Å². The van der Waals surface area contributed by atoms with Crippen molar-refractivity contribution in [1.29, 1.82) is 0 Å². The maximum atomic E-state index is 5.76. The van der Waals surface area contributed by atoms with Crippen LogP contribution >= 0.6 is 0 Å². The lowest BCUT2D eigenvalue weighted by Crippen LogP contribution is -2.25. The van der Waals surface area contributed by atoms with E-state index in [9.17, 15) is 0 Å². The van der Waals surface area contributed by atoms with Crippen molar-refractivity contribution in [3.05, 3.63) is 0 Å². The summed E-state index contributed by atoms with van der Waals surface area (Å²) in [5, 5.41) is 0. The molecule has 0 heterocycles. The minimum absolute atomic E-state index is 0.0342. The third-order valence-electron chi connectivity index (χ3n) is 1.58. The second kappa shape index (κ2) is 3.74. The molecule has 0 bridgehead atoms. The van der Waals surface area contributed by atoms with E-state index in [4.69, 9.17) is 5.73 Å². The van der Waals surface area contributed by atoms with E-state index in [0.29, 0.717) is 5.92 Å². The lowest BCUT2D eigenvalue weighted by Gasteiger charge is -2.16. The zero-order chi connectivity index (χ0) is 9.07. The Bertz CT molecular complexity index is 142. The largest absolute Gasteiger partial charge is 0.387 e. The fourth-order valence-electron chi connectivity index (χ4n) is 0.707. The molecule has 0 aliphatic heterocycles. The van der Waals surface area contributed by atoms with Crippen LogP contribution in [-0.2, 0) is 0 Å². The van der Waals surface area contributed by atoms with Gasteiger partial charge in [-0.3, -0.25) is 4.99 Å². The summed E-state index contributed by atoms with van der Waals surface area (Å²) in [7, 11) is 0. The van der Waals surface area contributed by atoms with E-state index in [1.165, 1.54) is 0 Å². The first-order valence-corrected chi connectivity index (χ1v) is 4.22. The topological polar surface area (TPSA) is 38.4 Å². The van der Waals surface area contributed by atoms with E-state index in [2.05, 4.69) is 39.6 Å². The first-order valence-electron chi connectivity index (χ1n) is 4.22. The summed E-state index contributed by atoms with van der Waals surface area (Å²) in [5.74, 6) is 1.19. The molecule has 2 heteroatoms. The maximum Gasteiger partial charge on any atom is 0.0972 e. The smallest absolute Gasteiger partial charge is 0.0972 e. The van der Waals surface area contributed by atoms with Gasteiger partial charge in [-0.05, 0) is 27.2 Å². The molecule has 0 rings (SSSR count). The summed E-state index contributed by atoms with van der Waals surface area (Å²) in [4.78, 5) is 4.37. The molecule has 11 heavy (non-hydrogen) atoms. The molecule has 0 aliphatic carbocycles. The highest BCUT2D eigenvalue weighted by Gasteiger charge is 2.10. The summed E-state index contributed by atoms with van der Waals surface area (Å²) >= 11 is 0. The molecule has 0 aromatic carbocycles. The van der Waals surface area contributed by atoms with E-state index in [1.54, 1.807) is 0 Å². The normalized spacial score (nSPS) is 16.6. The number of rotatable bonds is 2. The van der Waals surface area contributed by atoms with Crippen LogP contribution in [0.2, 0.25) is 0 Å². The zero-order valence-corrected chi connectivity index (χ0v) is 8.31. The average molecular weight is 156 g/mol. The molecule has 0 fully saturated rings. The molecule has 0 amide bonds. The molecule has 0 aliphatic rings. The summed E-state index contributed by atoms with van der Waals surface area (Å²) < 4.78 is 0. The molecule has 2 N–H and O–H groups in total. The van der Waals surface area contributed by atoms with Gasteiger partial charge < -0.3 is 5.73 Å². The number of nitrogens with zero attached hydrogens (tertiary/aromatic N) is 1. The van der Waals surface area contributed by atoms with Crippen molar-refractivity contribution in [3.63, 3.8) is 0 Å². The molecule has 0 aromatic heterocycles. The highest BCUT2D eigenvalue weighted by molar-refractivity contribution is 5.82. The van der Waals surface area contributed by atoms with Crippen LogP contribution < -0.4 is 5.73 Å². The van der Waals surface area contributed by atoms with E-state index in [0.717, 1.165) is 12.3 Å². The number of nitrogens with two attached hydrogens (primary N) is 1. The maximum absolute atomic E-state index is 5.76. The lowest BCUT2D eigenvalue weighted by atomic mass is 10.1. The van der Waals surface area contributed by atoms with Gasteiger partial charge in [-0.2, -0.15) is 0 Å².